The molecule has 3 N–H and O–H groups in total. The molecule has 6 nitrogen and oxygen atoms in total. The van der Waals surface area contributed by atoms with Gasteiger partial charge in [-0.3, -0.25) is 9.59 Å². The molecule has 3 aromatic carbocycles. The minimum absolute atomic E-state index is 0.00514. The number of halogens is 4. The first-order chi connectivity index (χ1) is 15.1. The molecule has 0 aliphatic heterocycles. The summed E-state index contributed by atoms with van der Waals surface area (Å²) >= 11 is 5.56. The summed E-state index contributed by atoms with van der Waals surface area (Å²) in [5, 5.41) is 17.3. The van der Waals surface area contributed by atoms with Crippen molar-refractivity contribution < 1.29 is 27.9 Å². The molecule has 0 spiro atoms. The zero-order valence-electron chi connectivity index (χ0n) is 16.6. The van der Waals surface area contributed by atoms with Crippen LogP contribution in [0.4, 0.5) is 18.9 Å². The van der Waals surface area contributed by atoms with Gasteiger partial charge in [-0.15, -0.1) is 0 Å². The van der Waals surface area contributed by atoms with Gasteiger partial charge in [-0.05, 0) is 36.6 Å². The number of hydrazone groups is 1. The standard InChI is InChI=1S/C22H17ClF3N3O3/c1-12(10-19(30)27-14-7-9-18(23)17(11-14)22(24,25)26)28-29-21(32)16-8-6-13-4-2-3-5-15(13)20(16)31/h2-9,11,31H,10H2,1H3,(H,27,30)(H,29,32). The predicted molar refractivity (Wildman–Crippen MR) is 116 cm³/mol. The largest absolute Gasteiger partial charge is 0.506 e. The molecule has 10 heteroatoms. The van der Waals surface area contributed by atoms with E-state index in [-0.39, 0.29) is 29.1 Å². The maximum Gasteiger partial charge on any atom is 0.417 e. The van der Waals surface area contributed by atoms with Crippen LogP contribution in [0.25, 0.3) is 10.8 Å². The number of carbonyl (C=O) groups excluding carboxylic acids is 2. The van der Waals surface area contributed by atoms with Gasteiger partial charge in [-0.2, -0.15) is 18.3 Å². The highest BCUT2D eigenvalue weighted by Crippen LogP contribution is 2.36. The van der Waals surface area contributed by atoms with E-state index in [1.165, 1.54) is 19.1 Å². The maximum atomic E-state index is 12.9. The molecule has 0 unspecified atom stereocenters. The summed E-state index contributed by atoms with van der Waals surface area (Å²) in [7, 11) is 0. The SMILES string of the molecule is CC(CC(=O)Nc1ccc(Cl)c(C(F)(F)F)c1)=NNC(=O)c1ccc2ccccc2c1O. The highest BCUT2D eigenvalue weighted by Gasteiger charge is 2.33. The Morgan fingerprint density at radius 1 is 1.09 bits per heavy atom. The predicted octanol–water partition coefficient (Wildman–Crippen LogP) is 5.35. The monoisotopic (exact) mass is 463 g/mol. The average molecular weight is 464 g/mol. The number of amides is 2. The first-order valence-electron chi connectivity index (χ1n) is 9.27. The highest BCUT2D eigenvalue weighted by atomic mass is 35.5. The van der Waals surface area contributed by atoms with E-state index < -0.39 is 28.6 Å². The quantitative estimate of drug-likeness (QED) is 0.352. The number of aromatic hydroxyl groups is 1. The van der Waals surface area contributed by atoms with Crippen molar-refractivity contribution in [1.82, 2.24) is 5.43 Å². The molecule has 0 aliphatic rings. The number of alkyl halides is 3. The van der Waals surface area contributed by atoms with Gasteiger partial charge in [0.1, 0.15) is 5.75 Å². The van der Waals surface area contributed by atoms with Gasteiger partial charge < -0.3 is 10.4 Å². The summed E-state index contributed by atoms with van der Waals surface area (Å²) in [6.45, 7) is 1.46. The van der Waals surface area contributed by atoms with Crippen LogP contribution in [0.5, 0.6) is 5.75 Å². The van der Waals surface area contributed by atoms with Crippen molar-refractivity contribution in [3.63, 3.8) is 0 Å². The van der Waals surface area contributed by atoms with E-state index in [1.54, 1.807) is 30.3 Å². The lowest BCUT2D eigenvalue weighted by Gasteiger charge is -2.12. The van der Waals surface area contributed by atoms with Crippen LogP contribution in [0, 0.1) is 0 Å². The fraction of sp³-hybridized carbons (Fsp3) is 0.136. The Balaban J connectivity index is 1.64. The first kappa shape index (κ1) is 23.1. The number of carbonyl (C=O) groups is 2. The van der Waals surface area contributed by atoms with Gasteiger partial charge in [0.2, 0.25) is 5.91 Å². The van der Waals surface area contributed by atoms with Crippen molar-refractivity contribution in [2.75, 3.05) is 5.32 Å². The second-order valence-corrected chi connectivity index (χ2v) is 7.30. The summed E-state index contributed by atoms with van der Waals surface area (Å²) in [5.74, 6) is -1.51. The fourth-order valence-electron chi connectivity index (χ4n) is 2.94. The Hall–Kier alpha value is -3.59. The molecule has 3 rings (SSSR count). The molecule has 3 aromatic rings. The Labute approximate surface area is 185 Å². The van der Waals surface area contributed by atoms with Gasteiger partial charge in [0, 0.05) is 16.8 Å². The van der Waals surface area contributed by atoms with E-state index in [0.717, 1.165) is 17.5 Å². The van der Waals surface area contributed by atoms with E-state index in [1.807, 2.05) is 0 Å². The molecule has 2 amide bonds. The molecule has 0 atom stereocenters. The molecule has 0 aromatic heterocycles. The van der Waals surface area contributed by atoms with Crippen LogP contribution >= 0.6 is 11.6 Å². The maximum absolute atomic E-state index is 12.9. The Morgan fingerprint density at radius 2 is 1.81 bits per heavy atom. The number of benzene rings is 3. The van der Waals surface area contributed by atoms with E-state index >= 15 is 0 Å². The summed E-state index contributed by atoms with van der Waals surface area (Å²) in [6.07, 6.45) is -4.94. The number of hydrogen-bond acceptors (Lipinski definition) is 4. The van der Waals surface area contributed by atoms with E-state index in [4.69, 9.17) is 11.6 Å². The number of phenolic OH excluding ortho intramolecular Hbond substituents is 1. The zero-order valence-corrected chi connectivity index (χ0v) is 17.4. The number of anilines is 1. The smallest absolute Gasteiger partial charge is 0.417 e. The average Bonchev–Trinajstić information content (AvgIpc) is 2.73. The number of nitrogens with zero attached hydrogens (tertiary/aromatic N) is 1. The van der Waals surface area contributed by atoms with Gasteiger partial charge in [-0.25, -0.2) is 5.43 Å². The van der Waals surface area contributed by atoms with Gasteiger partial charge >= 0.3 is 6.18 Å². The molecule has 0 heterocycles. The van der Waals surface area contributed by atoms with E-state index in [9.17, 15) is 27.9 Å². The number of hydrogen-bond donors (Lipinski definition) is 3. The second-order valence-electron chi connectivity index (χ2n) is 6.89. The third-order valence-electron chi connectivity index (χ3n) is 4.47. The van der Waals surface area contributed by atoms with Crippen LogP contribution in [0.2, 0.25) is 5.02 Å². The Bertz CT molecular complexity index is 1230. The number of fused-ring (bicyclic) bond motifs is 1. The molecule has 0 bridgehead atoms. The molecule has 0 saturated heterocycles. The van der Waals surface area contributed by atoms with Crippen LogP contribution < -0.4 is 10.7 Å². The molecule has 0 aliphatic carbocycles. The summed E-state index contributed by atoms with van der Waals surface area (Å²) in [4.78, 5) is 24.5. The summed E-state index contributed by atoms with van der Waals surface area (Å²) in [6, 6.07) is 13.1. The normalized spacial score (nSPS) is 12.0. The minimum atomic E-state index is -4.66. The minimum Gasteiger partial charge on any atom is -0.506 e. The molecule has 32 heavy (non-hydrogen) atoms. The van der Waals surface area contributed by atoms with Crippen LogP contribution in [0.3, 0.4) is 0 Å². The molecular weight excluding hydrogens is 447 g/mol. The van der Waals surface area contributed by atoms with Gasteiger partial charge in [-0.1, -0.05) is 41.9 Å². The van der Waals surface area contributed by atoms with E-state index in [2.05, 4.69) is 15.8 Å². The van der Waals surface area contributed by atoms with Gasteiger partial charge in [0.25, 0.3) is 5.91 Å². The van der Waals surface area contributed by atoms with Crippen LogP contribution in [-0.4, -0.2) is 22.6 Å². The van der Waals surface area contributed by atoms with Gasteiger partial charge in [0.05, 0.1) is 22.6 Å². The van der Waals surface area contributed by atoms with Crippen molar-refractivity contribution in [2.24, 2.45) is 5.10 Å². The third kappa shape index (κ3) is 5.36. The lowest BCUT2D eigenvalue weighted by molar-refractivity contribution is -0.137. The Kier molecular flexibility index (Phi) is 6.69. The van der Waals surface area contributed by atoms with Crippen molar-refractivity contribution in [3.05, 3.63) is 70.7 Å². The number of rotatable bonds is 5. The Morgan fingerprint density at radius 3 is 2.53 bits per heavy atom. The van der Waals surface area contributed by atoms with Crippen molar-refractivity contribution in [3.8, 4) is 5.75 Å². The molecule has 166 valence electrons. The lowest BCUT2D eigenvalue weighted by atomic mass is 10.1. The summed E-state index contributed by atoms with van der Waals surface area (Å²) < 4.78 is 38.8. The molecule has 0 saturated carbocycles. The summed E-state index contributed by atoms with van der Waals surface area (Å²) in [5.41, 5.74) is 1.31. The van der Waals surface area contributed by atoms with Crippen molar-refractivity contribution >= 4 is 45.6 Å². The zero-order chi connectivity index (χ0) is 23.5. The fourth-order valence-corrected chi connectivity index (χ4v) is 3.17. The van der Waals surface area contributed by atoms with E-state index in [0.29, 0.717) is 5.39 Å². The van der Waals surface area contributed by atoms with Gasteiger partial charge in [0.15, 0.2) is 0 Å². The second kappa shape index (κ2) is 9.27. The molecule has 0 fully saturated rings. The topological polar surface area (TPSA) is 90.8 Å². The number of phenols is 1. The highest BCUT2D eigenvalue weighted by molar-refractivity contribution is 6.31. The first-order valence-corrected chi connectivity index (χ1v) is 9.65. The number of nitrogens with one attached hydrogen (secondary N) is 2. The molecule has 0 radical (unpaired) electrons. The van der Waals surface area contributed by atoms with Crippen LogP contribution in [0.1, 0.15) is 29.3 Å². The molecular formula is C22H17ClF3N3O3. The lowest BCUT2D eigenvalue weighted by Crippen LogP contribution is -2.21. The third-order valence-corrected chi connectivity index (χ3v) is 4.80. The van der Waals surface area contributed by atoms with Crippen LogP contribution in [-0.2, 0) is 11.0 Å². The van der Waals surface area contributed by atoms with Crippen molar-refractivity contribution in [2.45, 2.75) is 19.5 Å². The van der Waals surface area contributed by atoms with Crippen molar-refractivity contribution in [1.29, 1.82) is 0 Å². The van der Waals surface area contributed by atoms with Crippen LogP contribution in [0.15, 0.2) is 59.7 Å².